The molecule has 2 rings (SSSR count). The van der Waals surface area contributed by atoms with Crippen LogP contribution in [0.1, 0.15) is 47.3 Å². The van der Waals surface area contributed by atoms with Gasteiger partial charge in [-0.15, -0.1) is 0 Å². The summed E-state index contributed by atoms with van der Waals surface area (Å²) in [4.78, 5) is 49.5. The Morgan fingerprint density at radius 3 is 2.42 bits per heavy atom. The normalized spacial score (nSPS) is 11.4. The summed E-state index contributed by atoms with van der Waals surface area (Å²) in [5.74, 6) is -1.63. The number of nitrogens with one attached hydrogen (secondary N) is 1. The molecular formula is C24H29N3O6. The highest BCUT2D eigenvalue weighted by Gasteiger charge is 2.24. The summed E-state index contributed by atoms with van der Waals surface area (Å²) in [7, 11) is 0. The fraction of sp³-hybridized carbons (Fsp3) is 0.375. The van der Waals surface area contributed by atoms with Gasteiger partial charge in [-0.05, 0) is 63.4 Å². The first-order valence-electron chi connectivity index (χ1n) is 10.6. The fourth-order valence-corrected chi connectivity index (χ4v) is 3.22. The number of carbonyl (C=O) groups is 3. The molecule has 0 unspecified atom stereocenters. The first-order chi connectivity index (χ1) is 15.5. The molecule has 0 aliphatic carbocycles. The number of nitro groups is 1. The van der Waals surface area contributed by atoms with Crippen molar-refractivity contribution in [3.05, 3.63) is 68.8 Å². The first-order valence-corrected chi connectivity index (χ1v) is 10.6. The van der Waals surface area contributed by atoms with E-state index in [0.717, 1.165) is 11.1 Å². The number of aryl methyl sites for hydroxylation is 2. The Morgan fingerprint density at radius 1 is 1.12 bits per heavy atom. The van der Waals surface area contributed by atoms with Gasteiger partial charge in [-0.1, -0.05) is 19.1 Å². The number of rotatable bonds is 9. The Labute approximate surface area is 192 Å². The zero-order chi connectivity index (χ0) is 24.7. The van der Waals surface area contributed by atoms with E-state index in [-0.39, 0.29) is 29.7 Å². The van der Waals surface area contributed by atoms with Crippen molar-refractivity contribution in [1.29, 1.82) is 0 Å². The Kier molecular flexibility index (Phi) is 8.67. The van der Waals surface area contributed by atoms with E-state index in [1.807, 2.05) is 39.8 Å². The molecule has 176 valence electrons. The third kappa shape index (κ3) is 6.61. The minimum Gasteiger partial charge on any atom is -0.452 e. The number of anilines is 1. The maximum absolute atomic E-state index is 12.8. The SMILES string of the molecule is CC[C@@H](C)N(CC(=O)Nc1cccc(C)c1C)C(=O)COC(=O)c1ccc([N+](=O)[O-])c(C)c1. The van der Waals surface area contributed by atoms with Crippen LogP contribution in [-0.4, -0.2) is 46.8 Å². The van der Waals surface area contributed by atoms with Crippen molar-refractivity contribution in [1.82, 2.24) is 4.90 Å². The lowest BCUT2D eigenvalue weighted by molar-refractivity contribution is -0.385. The molecule has 33 heavy (non-hydrogen) atoms. The number of esters is 1. The lowest BCUT2D eigenvalue weighted by atomic mass is 10.1. The van der Waals surface area contributed by atoms with Crippen LogP contribution in [0.3, 0.4) is 0 Å². The van der Waals surface area contributed by atoms with Crippen molar-refractivity contribution in [2.75, 3.05) is 18.5 Å². The van der Waals surface area contributed by atoms with E-state index in [2.05, 4.69) is 5.32 Å². The summed E-state index contributed by atoms with van der Waals surface area (Å²) in [6.07, 6.45) is 0.609. The lowest BCUT2D eigenvalue weighted by Gasteiger charge is -2.28. The van der Waals surface area contributed by atoms with Gasteiger partial charge in [-0.2, -0.15) is 0 Å². The molecule has 0 aliphatic rings. The standard InChI is InChI=1S/C24H29N3O6/c1-6-17(4)26(13-22(28)25-20-9-7-8-15(2)18(20)5)23(29)14-33-24(30)19-10-11-21(27(31)32)16(3)12-19/h7-12,17H,6,13-14H2,1-5H3,(H,25,28)/t17-/m1/s1. The second kappa shape index (κ2) is 11.2. The molecule has 0 aromatic heterocycles. The van der Waals surface area contributed by atoms with Crippen LogP contribution in [0.5, 0.6) is 0 Å². The van der Waals surface area contributed by atoms with Crippen molar-refractivity contribution in [2.24, 2.45) is 0 Å². The van der Waals surface area contributed by atoms with E-state index in [1.165, 1.54) is 30.0 Å². The quantitative estimate of drug-likeness (QED) is 0.347. The molecule has 0 saturated carbocycles. The number of hydrogen-bond donors (Lipinski definition) is 1. The van der Waals surface area contributed by atoms with Gasteiger partial charge in [-0.25, -0.2) is 4.79 Å². The fourth-order valence-electron chi connectivity index (χ4n) is 3.22. The summed E-state index contributed by atoms with van der Waals surface area (Å²) < 4.78 is 5.12. The molecule has 0 bridgehead atoms. The van der Waals surface area contributed by atoms with Crippen molar-refractivity contribution < 1.29 is 24.0 Å². The monoisotopic (exact) mass is 455 g/mol. The number of hydrogen-bond acceptors (Lipinski definition) is 6. The maximum atomic E-state index is 12.8. The predicted molar refractivity (Wildman–Crippen MR) is 124 cm³/mol. The van der Waals surface area contributed by atoms with Crippen LogP contribution < -0.4 is 5.32 Å². The van der Waals surface area contributed by atoms with E-state index in [9.17, 15) is 24.5 Å². The molecule has 1 atom stereocenters. The Morgan fingerprint density at radius 2 is 1.82 bits per heavy atom. The van der Waals surface area contributed by atoms with Gasteiger partial charge in [0.25, 0.3) is 11.6 Å². The number of nitrogens with zero attached hydrogens (tertiary/aromatic N) is 2. The van der Waals surface area contributed by atoms with Crippen LogP contribution in [0, 0.1) is 30.9 Å². The van der Waals surface area contributed by atoms with Gasteiger partial charge in [0.05, 0.1) is 10.5 Å². The van der Waals surface area contributed by atoms with Gasteiger partial charge in [0.15, 0.2) is 6.61 Å². The minimum absolute atomic E-state index is 0.105. The smallest absolute Gasteiger partial charge is 0.338 e. The summed E-state index contributed by atoms with van der Waals surface area (Å²) >= 11 is 0. The Hall–Kier alpha value is -3.75. The Bertz CT molecular complexity index is 1070. The van der Waals surface area contributed by atoms with E-state index < -0.39 is 23.4 Å². The molecule has 0 fully saturated rings. The highest BCUT2D eigenvalue weighted by Crippen LogP contribution is 2.20. The number of benzene rings is 2. The molecule has 0 radical (unpaired) electrons. The summed E-state index contributed by atoms with van der Waals surface area (Å²) in [6.45, 7) is 8.33. The number of ether oxygens (including phenoxy) is 1. The molecule has 2 aromatic rings. The first kappa shape index (κ1) is 25.5. The van der Waals surface area contributed by atoms with E-state index in [0.29, 0.717) is 17.7 Å². The number of amides is 2. The number of nitro benzene ring substituents is 1. The lowest BCUT2D eigenvalue weighted by Crippen LogP contribution is -2.45. The van der Waals surface area contributed by atoms with Crippen LogP contribution in [0.2, 0.25) is 0 Å². The van der Waals surface area contributed by atoms with Crippen molar-refractivity contribution in [3.63, 3.8) is 0 Å². The topological polar surface area (TPSA) is 119 Å². The highest BCUT2D eigenvalue weighted by molar-refractivity contribution is 5.96. The molecule has 2 amide bonds. The zero-order valence-electron chi connectivity index (χ0n) is 19.5. The average Bonchev–Trinajstić information content (AvgIpc) is 2.77. The van der Waals surface area contributed by atoms with Crippen molar-refractivity contribution in [3.8, 4) is 0 Å². The van der Waals surface area contributed by atoms with Crippen LogP contribution in [0.4, 0.5) is 11.4 Å². The molecule has 9 nitrogen and oxygen atoms in total. The molecular weight excluding hydrogens is 426 g/mol. The Balaban J connectivity index is 2.04. The van der Waals surface area contributed by atoms with E-state index in [1.54, 1.807) is 6.07 Å². The minimum atomic E-state index is -0.773. The number of carbonyl (C=O) groups excluding carboxylic acids is 3. The third-order valence-electron chi connectivity index (χ3n) is 5.59. The molecule has 0 heterocycles. The largest absolute Gasteiger partial charge is 0.452 e. The van der Waals surface area contributed by atoms with E-state index >= 15 is 0 Å². The second-order valence-electron chi connectivity index (χ2n) is 7.91. The van der Waals surface area contributed by atoms with Gasteiger partial charge in [0.2, 0.25) is 5.91 Å². The summed E-state index contributed by atoms with van der Waals surface area (Å²) in [5, 5.41) is 13.8. The summed E-state index contributed by atoms with van der Waals surface area (Å²) in [6, 6.07) is 9.18. The van der Waals surface area contributed by atoms with Crippen LogP contribution in [0.25, 0.3) is 0 Å². The van der Waals surface area contributed by atoms with Gasteiger partial charge < -0.3 is 15.0 Å². The highest BCUT2D eigenvalue weighted by atomic mass is 16.6. The van der Waals surface area contributed by atoms with Crippen LogP contribution >= 0.6 is 0 Å². The predicted octanol–water partition coefficient (Wildman–Crippen LogP) is 3.94. The van der Waals surface area contributed by atoms with Gasteiger partial charge in [0, 0.05) is 23.4 Å². The molecule has 9 heteroatoms. The van der Waals surface area contributed by atoms with Gasteiger partial charge in [-0.3, -0.25) is 19.7 Å². The maximum Gasteiger partial charge on any atom is 0.338 e. The van der Waals surface area contributed by atoms with E-state index in [4.69, 9.17) is 4.74 Å². The van der Waals surface area contributed by atoms with Crippen molar-refractivity contribution >= 4 is 29.2 Å². The molecule has 0 saturated heterocycles. The molecule has 2 aromatic carbocycles. The van der Waals surface area contributed by atoms with Crippen LogP contribution in [-0.2, 0) is 14.3 Å². The summed E-state index contributed by atoms with van der Waals surface area (Å²) in [5.41, 5.74) is 2.96. The van der Waals surface area contributed by atoms with Gasteiger partial charge >= 0.3 is 5.97 Å². The molecule has 0 aliphatic heterocycles. The zero-order valence-corrected chi connectivity index (χ0v) is 19.5. The average molecular weight is 456 g/mol. The van der Waals surface area contributed by atoms with Crippen molar-refractivity contribution in [2.45, 2.75) is 47.1 Å². The van der Waals surface area contributed by atoms with Crippen LogP contribution in [0.15, 0.2) is 36.4 Å². The van der Waals surface area contributed by atoms with Gasteiger partial charge in [0.1, 0.15) is 6.54 Å². The molecule has 1 N–H and O–H groups in total. The third-order valence-corrected chi connectivity index (χ3v) is 5.59. The second-order valence-corrected chi connectivity index (χ2v) is 7.91. The molecule has 0 spiro atoms.